The van der Waals surface area contributed by atoms with Gasteiger partial charge in [0.25, 0.3) is 0 Å². The van der Waals surface area contributed by atoms with E-state index in [4.69, 9.17) is 14.7 Å². The molecule has 1 heterocycles. The molecule has 0 bridgehead atoms. The maximum atomic E-state index is 11.6. The van der Waals surface area contributed by atoms with Crippen LogP contribution in [0.3, 0.4) is 0 Å². The van der Waals surface area contributed by atoms with Gasteiger partial charge in [-0.2, -0.15) is 0 Å². The molecule has 17 heteroatoms. The molecule has 126 valence electrons. The Morgan fingerprint density at radius 2 is 1.68 bits per heavy atom. The van der Waals surface area contributed by atoms with Crippen molar-refractivity contribution in [2.45, 2.75) is 6.92 Å². The van der Waals surface area contributed by atoms with Crippen molar-refractivity contribution < 1.29 is 46.5 Å². The topological polar surface area (TPSA) is 198 Å². The van der Waals surface area contributed by atoms with E-state index in [1.54, 1.807) is 0 Å². The van der Waals surface area contributed by atoms with Gasteiger partial charge in [0.1, 0.15) is 0 Å². The third-order valence-corrected chi connectivity index (χ3v) is 6.00. The normalized spacial score (nSPS) is 17.5. The summed E-state index contributed by atoms with van der Waals surface area (Å²) >= 11 is 2.27. The molecule has 0 aliphatic heterocycles. The Kier molecular flexibility index (Phi) is 5.95. The molecular formula is C5H9N2O11P3Se. The first-order chi connectivity index (χ1) is 9.71. The summed E-state index contributed by atoms with van der Waals surface area (Å²) in [5.41, 5.74) is -0.488. The number of hydrogen-bond acceptors (Lipinski definition) is 7. The van der Waals surface area contributed by atoms with Crippen LogP contribution in [0.4, 0.5) is 0 Å². The molecule has 0 radical (unpaired) electrons. The molecule has 0 aromatic carbocycles. The Hall–Kier alpha value is -0.351. The first kappa shape index (κ1) is 19.7. The van der Waals surface area contributed by atoms with Crippen molar-refractivity contribution in [1.82, 2.24) is 9.71 Å². The molecule has 0 saturated heterocycles. The van der Waals surface area contributed by atoms with Gasteiger partial charge in [-0.05, 0) is 0 Å². The number of aromatic amines is 1. The molecule has 2 atom stereocenters. The van der Waals surface area contributed by atoms with Gasteiger partial charge < -0.3 is 0 Å². The van der Waals surface area contributed by atoms with Crippen LogP contribution in [0, 0.1) is 11.2 Å². The molecule has 13 nitrogen and oxygen atoms in total. The molecule has 22 heavy (non-hydrogen) atoms. The Morgan fingerprint density at radius 1 is 1.14 bits per heavy atom. The number of aromatic nitrogens is 2. The quantitative estimate of drug-likeness (QED) is 0.264. The third-order valence-electron chi connectivity index (χ3n) is 1.70. The Bertz CT molecular complexity index is 822. The molecular weight excluding hydrogens is 436 g/mol. The first-order valence-electron chi connectivity index (χ1n) is 4.87. The number of nitrogens with zero attached hydrogens (tertiary/aromatic N) is 1. The number of aryl methyl sites for hydroxylation is 1. The molecule has 0 spiro atoms. The SMILES string of the molecule is Cc1cn(OP(=O)(O)OP(=O)(O)OP(=O)(O)O)c(=[Se])[nH]c1=O. The molecule has 0 aliphatic rings. The molecule has 1 aromatic heterocycles. The summed E-state index contributed by atoms with van der Waals surface area (Å²) in [6, 6.07) is 0. The van der Waals surface area contributed by atoms with E-state index in [9.17, 15) is 23.4 Å². The first-order valence-corrected chi connectivity index (χ1v) is 10.2. The van der Waals surface area contributed by atoms with E-state index in [0.29, 0.717) is 4.73 Å². The van der Waals surface area contributed by atoms with Gasteiger partial charge in [0.2, 0.25) is 0 Å². The summed E-state index contributed by atoms with van der Waals surface area (Å²) < 4.78 is 44.8. The number of H-pyrrole nitrogens is 1. The fourth-order valence-corrected chi connectivity index (χ4v) is 4.49. The fraction of sp³-hybridized carbons (Fsp3) is 0.200. The van der Waals surface area contributed by atoms with Gasteiger partial charge in [-0.1, -0.05) is 0 Å². The van der Waals surface area contributed by atoms with Crippen LogP contribution < -0.4 is 10.2 Å². The molecule has 2 unspecified atom stereocenters. The van der Waals surface area contributed by atoms with Gasteiger partial charge >= 0.3 is 129 Å². The summed E-state index contributed by atoms with van der Waals surface area (Å²) in [6.45, 7) is 1.33. The van der Waals surface area contributed by atoms with Crippen LogP contribution in [0.2, 0.25) is 0 Å². The van der Waals surface area contributed by atoms with E-state index in [0.717, 1.165) is 6.20 Å². The number of rotatable bonds is 6. The van der Waals surface area contributed by atoms with E-state index in [1.165, 1.54) is 6.92 Å². The summed E-state index contributed by atoms with van der Waals surface area (Å²) in [7, 11) is -16.4. The summed E-state index contributed by atoms with van der Waals surface area (Å²) in [5, 5.41) is 0. The van der Waals surface area contributed by atoms with Crippen molar-refractivity contribution in [2.75, 3.05) is 0 Å². The van der Waals surface area contributed by atoms with Crippen LogP contribution >= 0.6 is 23.5 Å². The van der Waals surface area contributed by atoms with Crippen LogP contribution in [-0.4, -0.2) is 44.9 Å². The van der Waals surface area contributed by atoms with Gasteiger partial charge in [-0.25, -0.2) is 0 Å². The van der Waals surface area contributed by atoms with E-state index >= 15 is 0 Å². The molecule has 1 rings (SSSR count). The van der Waals surface area contributed by atoms with Crippen molar-refractivity contribution in [3.8, 4) is 0 Å². The second-order valence-corrected chi connectivity index (χ2v) is 8.71. The minimum atomic E-state index is -5.61. The molecule has 0 amide bonds. The van der Waals surface area contributed by atoms with Gasteiger partial charge in [-0.15, -0.1) is 0 Å². The summed E-state index contributed by atoms with van der Waals surface area (Å²) in [5.74, 6) is 0. The van der Waals surface area contributed by atoms with Crippen molar-refractivity contribution in [3.05, 3.63) is 26.4 Å². The Labute approximate surface area is 129 Å². The van der Waals surface area contributed by atoms with Crippen LogP contribution in [0.5, 0.6) is 0 Å². The zero-order valence-electron chi connectivity index (χ0n) is 10.4. The van der Waals surface area contributed by atoms with Gasteiger partial charge in [0, 0.05) is 0 Å². The standard InChI is InChI=1S/C5H9N2O11P3Se/c1-3-2-7(5(22)6-4(3)8)16-20(12,13)18-21(14,15)17-19(9,10)11/h2H,1H3,(H,12,13)(H,14,15)(H,6,8,22)(H2,9,10,11). The Balaban J connectivity index is 3.02. The van der Waals surface area contributed by atoms with Gasteiger partial charge in [0.15, 0.2) is 0 Å². The van der Waals surface area contributed by atoms with Crippen LogP contribution in [-0.2, 0) is 22.3 Å². The van der Waals surface area contributed by atoms with Crippen LogP contribution in [0.15, 0.2) is 11.0 Å². The van der Waals surface area contributed by atoms with Crippen molar-refractivity contribution >= 4 is 39.0 Å². The predicted octanol–water partition coefficient (Wildman–Crippen LogP) is -1.06. The monoisotopic (exact) mass is 446 g/mol. The maximum absolute atomic E-state index is 11.6. The van der Waals surface area contributed by atoms with E-state index < -0.39 is 29.0 Å². The molecule has 0 saturated carbocycles. The van der Waals surface area contributed by atoms with Crippen LogP contribution in [0.1, 0.15) is 5.56 Å². The summed E-state index contributed by atoms with van der Waals surface area (Å²) in [4.78, 5) is 48.4. The second kappa shape index (κ2) is 6.64. The molecule has 1 aromatic rings. The van der Waals surface area contributed by atoms with Crippen molar-refractivity contribution in [1.29, 1.82) is 0 Å². The average molecular weight is 445 g/mol. The number of phosphoric acid groups is 3. The van der Waals surface area contributed by atoms with Crippen molar-refractivity contribution in [3.63, 3.8) is 0 Å². The predicted molar refractivity (Wildman–Crippen MR) is 69.2 cm³/mol. The molecule has 0 aliphatic carbocycles. The van der Waals surface area contributed by atoms with Gasteiger partial charge in [0.05, 0.1) is 0 Å². The zero-order valence-corrected chi connectivity index (χ0v) is 14.8. The minimum absolute atomic E-state index is 0.0534. The molecule has 0 fully saturated rings. The number of hydrogen-bond donors (Lipinski definition) is 5. The zero-order chi connectivity index (χ0) is 17.3. The van der Waals surface area contributed by atoms with E-state index in [-0.39, 0.29) is 9.89 Å². The van der Waals surface area contributed by atoms with Crippen molar-refractivity contribution in [2.24, 2.45) is 0 Å². The Morgan fingerprint density at radius 3 is 2.18 bits per heavy atom. The van der Waals surface area contributed by atoms with E-state index in [1.807, 2.05) is 0 Å². The van der Waals surface area contributed by atoms with E-state index in [2.05, 4.69) is 33.8 Å². The average Bonchev–Trinajstić information content (AvgIpc) is 2.19. The molecule has 5 N–H and O–H groups in total. The second-order valence-electron chi connectivity index (χ2n) is 3.57. The van der Waals surface area contributed by atoms with Crippen LogP contribution in [0.25, 0.3) is 0 Å². The third kappa shape index (κ3) is 6.41. The fourth-order valence-electron chi connectivity index (χ4n) is 1.01. The number of nitrogens with one attached hydrogen (secondary N) is 1. The van der Waals surface area contributed by atoms with Gasteiger partial charge in [-0.3, -0.25) is 0 Å². The summed E-state index contributed by atoms with van der Waals surface area (Å²) in [6.07, 6.45) is 0.947.